The molecule has 124 valence electrons. The van der Waals surface area contributed by atoms with Crippen LogP contribution in [0.4, 0.5) is 5.69 Å². The summed E-state index contributed by atoms with van der Waals surface area (Å²) in [7, 11) is -4.38. The zero-order chi connectivity index (χ0) is 17.3. The lowest BCUT2D eigenvalue weighted by atomic mass is 10.2. The largest absolute Gasteiger partial charge is 0.280 e. The molecule has 0 heterocycles. The van der Waals surface area contributed by atoms with Gasteiger partial charge in [0.25, 0.3) is 10.0 Å². The van der Waals surface area contributed by atoms with Crippen LogP contribution in [0.25, 0.3) is 0 Å². The predicted molar refractivity (Wildman–Crippen MR) is 89.3 cm³/mol. The van der Waals surface area contributed by atoms with Gasteiger partial charge in [-0.3, -0.25) is 4.72 Å². The Morgan fingerprint density at radius 1 is 0.783 bits per heavy atom. The Labute approximate surface area is 136 Å². The number of hydrogen-bond acceptors (Lipinski definition) is 4. The van der Waals surface area contributed by atoms with Crippen LogP contribution in [0.1, 0.15) is 5.56 Å². The van der Waals surface area contributed by atoms with Gasteiger partial charge in [-0.1, -0.05) is 17.7 Å². The maximum Gasteiger partial charge on any atom is 0.261 e. The number of nitrogens with one attached hydrogen (secondary N) is 1. The minimum atomic E-state index is -3.70. The van der Waals surface area contributed by atoms with Gasteiger partial charge in [0.2, 0.25) is 10.0 Å². The van der Waals surface area contributed by atoms with Crippen molar-refractivity contribution in [3.63, 3.8) is 0 Å². The summed E-state index contributed by atoms with van der Waals surface area (Å²) in [5.74, 6) is 0. The van der Waals surface area contributed by atoms with Crippen LogP contribution in [0.3, 0.4) is 0 Å². The van der Waals surface area contributed by atoms with Gasteiger partial charge in [-0.05, 0) is 43.3 Å². The summed E-state index contributed by atoms with van der Waals surface area (Å²) in [5, 5.41) is 0. The lowest BCUT2D eigenvalue weighted by molar-refractivity contribution is 0.521. The van der Waals surface area contributed by atoms with Gasteiger partial charge in [0.05, 0.1) is 9.79 Å². The van der Waals surface area contributed by atoms with Gasteiger partial charge in [-0.2, -0.15) is 0 Å². The van der Waals surface area contributed by atoms with Gasteiger partial charge >= 0.3 is 0 Å². The molecule has 2 aromatic rings. The fraction of sp³-hybridized carbons (Fsp3) is 0.200. The highest BCUT2D eigenvalue weighted by molar-refractivity contribution is 7.92. The average molecular weight is 354 g/mol. The number of aryl methyl sites for hydroxylation is 1. The van der Waals surface area contributed by atoms with Crippen molar-refractivity contribution in [1.29, 1.82) is 0 Å². The Bertz CT molecular complexity index is 885. The Balaban J connectivity index is 2.26. The lowest BCUT2D eigenvalue weighted by Crippen LogP contribution is -2.22. The van der Waals surface area contributed by atoms with Crippen LogP contribution in [0.5, 0.6) is 0 Å². The van der Waals surface area contributed by atoms with Gasteiger partial charge in [0.15, 0.2) is 0 Å². The number of rotatable bonds is 5. The molecule has 0 aromatic heterocycles. The maximum atomic E-state index is 12.3. The molecule has 23 heavy (non-hydrogen) atoms. The van der Waals surface area contributed by atoms with Gasteiger partial charge in [0, 0.05) is 19.8 Å². The Morgan fingerprint density at radius 3 is 1.74 bits per heavy atom. The van der Waals surface area contributed by atoms with Crippen molar-refractivity contribution >= 4 is 25.7 Å². The molecule has 0 fully saturated rings. The third kappa shape index (κ3) is 3.90. The molecule has 0 aliphatic heterocycles. The van der Waals surface area contributed by atoms with Crippen molar-refractivity contribution in [3.8, 4) is 0 Å². The number of benzene rings is 2. The molecule has 0 atom stereocenters. The molecular formula is C15H18N2O4S2. The molecule has 1 N–H and O–H groups in total. The van der Waals surface area contributed by atoms with E-state index < -0.39 is 20.0 Å². The molecule has 0 radical (unpaired) electrons. The van der Waals surface area contributed by atoms with Crippen LogP contribution >= 0.6 is 0 Å². The Hall–Kier alpha value is -1.90. The minimum absolute atomic E-state index is 0.0979. The molecule has 0 saturated carbocycles. The van der Waals surface area contributed by atoms with E-state index in [9.17, 15) is 16.8 Å². The predicted octanol–water partition coefficient (Wildman–Crippen LogP) is 2.05. The molecule has 0 amide bonds. The quantitative estimate of drug-likeness (QED) is 0.891. The van der Waals surface area contributed by atoms with Crippen LogP contribution < -0.4 is 4.72 Å². The van der Waals surface area contributed by atoms with Crippen molar-refractivity contribution in [1.82, 2.24) is 4.31 Å². The minimum Gasteiger partial charge on any atom is -0.280 e. The molecule has 0 spiro atoms. The second-order valence-corrected chi connectivity index (χ2v) is 9.06. The van der Waals surface area contributed by atoms with E-state index in [1.165, 1.54) is 50.5 Å². The normalized spacial score (nSPS) is 12.3. The van der Waals surface area contributed by atoms with Crippen LogP contribution in [0.15, 0.2) is 58.3 Å². The number of anilines is 1. The van der Waals surface area contributed by atoms with E-state index in [-0.39, 0.29) is 9.79 Å². The van der Waals surface area contributed by atoms with Crippen molar-refractivity contribution in [2.24, 2.45) is 0 Å². The van der Waals surface area contributed by atoms with E-state index in [1.807, 2.05) is 6.92 Å². The molecule has 0 aliphatic carbocycles. The Morgan fingerprint density at radius 2 is 1.26 bits per heavy atom. The zero-order valence-electron chi connectivity index (χ0n) is 13.0. The van der Waals surface area contributed by atoms with E-state index in [0.29, 0.717) is 5.69 Å². The summed E-state index contributed by atoms with van der Waals surface area (Å²) in [6.45, 7) is 1.87. The average Bonchev–Trinajstić information content (AvgIpc) is 2.47. The Kier molecular flexibility index (Phi) is 4.79. The van der Waals surface area contributed by atoms with Gasteiger partial charge in [-0.25, -0.2) is 21.1 Å². The van der Waals surface area contributed by atoms with E-state index in [4.69, 9.17) is 0 Å². The second kappa shape index (κ2) is 6.31. The summed E-state index contributed by atoms with van der Waals surface area (Å²) in [6, 6.07) is 12.0. The standard InChI is InChI=1S/C15H18N2O4S2/c1-12-4-8-14(9-5-12)22(18,19)16-13-6-10-15(11-7-13)23(20,21)17(2)3/h4-11,16H,1-3H3. The smallest absolute Gasteiger partial charge is 0.261 e. The molecule has 8 heteroatoms. The van der Waals surface area contributed by atoms with Crippen molar-refractivity contribution in [3.05, 3.63) is 54.1 Å². The highest BCUT2D eigenvalue weighted by atomic mass is 32.2. The van der Waals surface area contributed by atoms with E-state index in [0.717, 1.165) is 9.87 Å². The molecule has 2 rings (SSSR count). The zero-order valence-corrected chi connectivity index (χ0v) is 14.6. The second-order valence-electron chi connectivity index (χ2n) is 5.23. The third-order valence-corrected chi connectivity index (χ3v) is 6.44. The first kappa shape index (κ1) is 17.5. The van der Waals surface area contributed by atoms with Crippen LogP contribution in [0, 0.1) is 6.92 Å². The SMILES string of the molecule is Cc1ccc(S(=O)(=O)Nc2ccc(S(=O)(=O)N(C)C)cc2)cc1. The highest BCUT2D eigenvalue weighted by Gasteiger charge is 2.18. The number of sulfonamides is 2. The first-order valence-electron chi connectivity index (χ1n) is 6.75. The first-order valence-corrected chi connectivity index (χ1v) is 9.67. The third-order valence-electron chi connectivity index (χ3n) is 3.22. The van der Waals surface area contributed by atoms with E-state index in [1.54, 1.807) is 12.1 Å². The van der Waals surface area contributed by atoms with Crippen LogP contribution in [-0.4, -0.2) is 35.2 Å². The molecule has 0 aliphatic rings. The summed E-state index contributed by atoms with van der Waals surface area (Å²) in [4.78, 5) is 0.244. The van der Waals surface area contributed by atoms with Crippen LogP contribution in [-0.2, 0) is 20.0 Å². The van der Waals surface area contributed by atoms with Crippen molar-refractivity contribution < 1.29 is 16.8 Å². The summed E-state index contributed by atoms with van der Waals surface area (Å²) >= 11 is 0. The fourth-order valence-electron chi connectivity index (χ4n) is 1.84. The highest BCUT2D eigenvalue weighted by Crippen LogP contribution is 2.20. The van der Waals surface area contributed by atoms with Crippen LogP contribution in [0.2, 0.25) is 0 Å². The van der Waals surface area contributed by atoms with E-state index >= 15 is 0 Å². The summed E-state index contributed by atoms with van der Waals surface area (Å²) in [5.41, 5.74) is 1.26. The summed E-state index contributed by atoms with van der Waals surface area (Å²) < 4.78 is 52.0. The van der Waals surface area contributed by atoms with Crippen molar-refractivity contribution in [2.45, 2.75) is 16.7 Å². The molecule has 0 saturated heterocycles. The van der Waals surface area contributed by atoms with Gasteiger partial charge in [0.1, 0.15) is 0 Å². The fourth-order valence-corrected chi connectivity index (χ4v) is 3.80. The number of nitrogens with zero attached hydrogens (tertiary/aromatic N) is 1. The van der Waals surface area contributed by atoms with Gasteiger partial charge < -0.3 is 0 Å². The topological polar surface area (TPSA) is 83.5 Å². The lowest BCUT2D eigenvalue weighted by Gasteiger charge is -2.12. The van der Waals surface area contributed by atoms with Crippen molar-refractivity contribution in [2.75, 3.05) is 18.8 Å². The number of hydrogen-bond donors (Lipinski definition) is 1. The first-order chi connectivity index (χ1) is 10.6. The molecule has 0 unspecified atom stereocenters. The summed E-state index contributed by atoms with van der Waals surface area (Å²) in [6.07, 6.45) is 0. The maximum absolute atomic E-state index is 12.3. The van der Waals surface area contributed by atoms with Gasteiger partial charge in [-0.15, -0.1) is 0 Å². The molecular weight excluding hydrogens is 336 g/mol. The monoisotopic (exact) mass is 354 g/mol. The molecule has 6 nitrogen and oxygen atoms in total. The molecule has 0 bridgehead atoms. The molecule has 2 aromatic carbocycles. The van der Waals surface area contributed by atoms with E-state index in [2.05, 4.69) is 4.72 Å².